The number of ketones is 1. The first-order valence-electron chi connectivity index (χ1n) is 16.2. The summed E-state index contributed by atoms with van der Waals surface area (Å²) in [5.41, 5.74) is 4.47. The summed E-state index contributed by atoms with van der Waals surface area (Å²) in [5, 5.41) is 12.1. The topological polar surface area (TPSA) is 50.2 Å². The monoisotopic (exact) mass is 737 g/mol. The van der Waals surface area contributed by atoms with Crippen LogP contribution in [0.15, 0.2) is 54.4 Å². The molecule has 1 aromatic heterocycles. The number of aliphatic hydroxyl groups is 1. The van der Waals surface area contributed by atoms with Gasteiger partial charge >= 0.3 is 0 Å². The summed E-state index contributed by atoms with van der Waals surface area (Å²) in [6.07, 6.45) is 6.64. The Morgan fingerprint density at radius 1 is 0.951 bits per heavy atom. The number of pyridine rings is 1. The van der Waals surface area contributed by atoms with E-state index in [1.54, 1.807) is 0 Å². The van der Waals surface area contributed by atoms with Crippen molar-refractivity contribution in [2.24, 2.45) is 10.8 Å². The number of allylic oxidation sites excluding steroid dienone is 2. The maximum absolute atomic E-state index is 12.5. The van der Waals surface area contributed by atoms with E-state index in [2.05, 4.69) is 78.6 Å². The fourth-order valence-electron chi connectivity index (χ4n) is 5.66. The maximum atomic E-state index is 12.5. The van der Waals surface area contributed by atoms with Crippen LogP contribution in [0.3, 0.4) is 0 Å². The minimum absolute atomic E-state index is 0. The van der Waals surface area contributed by atoms with Gasteiger partial charge in [-0.25, -0.2) is 0 Å². The third-order valence-corrected chi connectivity index (χ3v) is 9.12. The Morgan fingerprint density at radius 2 is 1.51 bits per heavy atom. The van der Waals surface area contributed by atoms with E-state index in [0.29, 0.717) is 5.92 Å². The molecule has 0 atom stereocenters. The van der Waals surface area contributed by atoms with Crippen molar-refractivity contribution in [3.63, 3.8) is 0 Å². The van der Waals surface area contributed by atoms with Gasteiger partial charge in [-0.2, -0.15) is 0 Å². The Bertz CT molecular complexity index is 1370. The van der Waals surface area contributed by atoms with Crippen molar-refractivity contribution in [3.8, 4) is 11.3 Å². The van der Waals surface area contributed by atoms with Crippen LogP contribution in [0, 0.1) is 30.7 Å². The smallest absolute Gasteiger partial charge is 0.165 e. The van der Waals surface area contributed by atoms with E-state index in [-0.39, 0.29) is 54.7 Å². The maximum Gasteiger partial charge on any atom is 0.165 e. The molecular weight excluding hydrogens is 683 g/mol. The largest absolute Gasteiger partial charge is 0.512 e. The van der Waals surface area contributed by atoms with Gasteiger partial charge in [-0.1, -0.05) is 87.4 Å². The molecular formula is C37H52IrNO2-. The molecule has 1 heterocycles. The second kappa shape index (κ2) is 16.4. The van der Waals surface area contributed by atoms with Crippen LogP contribution in [0.2, 0.25) is 0 Å². The van der Waals surface area contributed by atoms with Gasteiger partial charge < -0.3 is 10.1 Å². The number of hydrogen-bond acceptors (Lipinski definition) is 3. The summed E-state index contributed by atoms with van der Waals surface area (Å²) in [5.74, 6) is 0.763. The van der Waals surface area contributed by atoms with Gasteiger partial charge in [0.2, 0.25) is 0 Å². The number of fused-ring (bicyclic) bond motifs is 1. The fraction of sp³-hybridized carbons (Fsp3) is 0.514. The summed E-state index contributed by atoms with van der Waals surface area (Å²) in [6.45, 7) is 20.7. The first-order valence-corrected chi connectivity index (χ1v) is 15.2. The molecule has 0 aliphatic heterocycles. The zero-order chi connectivity index (χ0) is 31.8. The van der Waals surface area contributed by atoms with Crippen LogP contribution in [0.1, 0.15) is 119 Å². The molecule has 0 unspecified atom stereocenters. The van der Waals surface area contributed by atoms with E-state index < -0.39 is 0 Å². The normalized spacial score (nSPS) is 12.8. The third-order valence-electron chi connectivity index (χ3n) is 9.12. The summed E-state index contributed by atoms with van der Waals surface area (Å²) in [4.78, 5) is 16.9. The van der Waals surface area contributed by atoms with Crippen molar-refractivity contribution >= 4 is 16.6 Å². The van der Waals surface area contributed by atoms with Crippen LogP contribution in [0.25, 0.3) is 22.0 Å². The van der Waals surface area contributed by atoms with Crippen molar-refractivity contribution in [1.29, 1.82) is 0 Å². The quantitative estimate of drug-likeness (QED) is 0.121. The molecule has 0 aliphatic rings. The van der Waals surface area contributed by atoms with Crippen LogP contribution in [-0.4, -0.2) is 15.9 Å². The summed E-state index contributed by atoms with van der Waals surface area (Å²) >= 11 is 0. The number of hydrogen-bond donors (Lipinski definition) is 1. The molecule has 3 aromatic rings. The van der Waals surface area contributed by atoms with Crippen molar-refractivity contribution in [2.75, 3.05) is 0 Å². The number of carbonyl (C=O) groups is 1. The van der Waals surface area contributed by atoms with Gasteiger partial charge in [0.15, 0.2) is 5.78 Å². The Kier molecular flexibility index (Phi) is 13.3. The van der Waals surface area contributed by atoms with Crippen LogP contribution >= 0.6 is 0 Å². The first kappa shape index (κ1) is 33.2. The molecule has 4 heteroatoms. The Labute approximate surface area is 266 Å². The average molecular weight is 737 g/mol. The molecule has 0 aliphatic carbocycles. The van der Waals surface area contributed by atoms with E-state index in [1.807, 2.05) is 32.0 Å². The van der Waals surface area contributed by atoms with Crippen LogP contribution in [0.5, 0.6) is 0 Å². The molecule has 0 bridgehead atoms. The number of aryl methyl sites for hydroxylation is 2. The molecule has 3 nitrogen and oxygen atoms in total. The first-order chi connectivity index (χ1) is 19.8. The van der Waals surface area contributed by atoms with E-state index in [1.165, 1.54) is 11.6 Å². The second-order valence-electron chi connectivity index (χ2n) is 11.5. The number of aliphatic hydroxyl groups excluding tert-OH is 1. The minimum atomic E-state index is -0.297. The van der Waals surface area contributed by atoms with Crippen molar-refractivity contribution in [3.05, 3.63) is 77.1 Å². The molecule has 2 aromatic carbocycles. The van der Waals surface area contributed by atoms with E-state index in [4.69, 9.17) is 2.74 Å². The van der Waals surface area contributed by atoms with Gasteiger partial charge in [0.05, 0.1) is 2.74 Å². The fourth-order valence-corrected chi connectivity index (χ4v) is 5.66. The predicted octanol–water partition coefficient (Wildman–Crippen LogP) is 10.9. The molecule has 0 saturated carbocycles. The SMILES string of the molecule is CCC(CC)(CC)C(=O)/C=C(\O)C(CC)(CC)CC.[2H]c1nc(-c2[c-]c(C)cc(C)c2)c2ccc(C(C)C)cc2c1[2H].[Ir]. The van der Waals surface area contributed by atoms with Gasteiger partial charge in [0.1, 0.15) is 5.76 Å². The van der Waals surface area contributed by atoms with Crippen molar-refractivity contribution in [2.45, 2.75) is 114 Å². The molecule has 1 N–H and O–H groups in total. The van der Waals surface area contributed by atoms with Crippen molar-refractivity contribution < 1.29 is 32.7 Å². The zero-order valence-electron chi connectivity index (χ0n) is 28.9. The van der Waals surface area contributed by atoms with Gasteiger partial charge in [-0.15, -0.1) is 34.9 Å². The van der Waals surface area contributed by atoms with Gasteiger partial charge in [-0.3, -0.25) is 4.79 Å². The number of benzene rings is 2. The summed E-state index contributed by atoms with van der Waals surface area (Å²) in [6, 6.07) is 13.8. The number of nitrogens with zero attached hydrogens (tertiary/aromatic N) is 1. The standard InChI is InChI=1S/C20H20N.C17H32O2.Ir/c1-13(2)16-5-6-19-17(12-16)7-8-21-20(19)18-10-14(3)9-15(4)11-18;1-7-16(8-2,9-3)14(18)13-15(19)17(10-4,11-5)12-6;/h5-10,12-13H,1-4H3;13,18H,7-12H2,1-6H3;/q-1;;/b;14-13-;/i7D,8D;;. The van der Waals surface area contributed by atoms with E-state index in [0.717, 1.165) is 71.7 Å². The third kappa shape index (κ3) is 8.62. The Hall–Kier alpha value is -2.29. The molecule has 227 valence electrons. The van der Waals surface area contributed by atoms with E-state index >= 15 is 0 Å². The van der Waals surface area contributed by atoms with Gasteiger partial charge in [-0.05, 0) is 72.5 Å². The molecule has 0 saturated heterocycles. The predicted molar refractivity (Wildman–Crippen MR) is 172 cm³/mol. The second-order valence-corrected chi connectivity index (χ2v) is 11.5. The molecule has 0 amide bonds. The van der Waals surface area contributed by atoms with Gasteiger partial charge in [0, 0.05) is 43.2 Å². The molecule has 1 radical (unpaired) electrons. The van der Waals surface area contributed by atoms with E-state index in [9.17, 15) is 9.90 Å². The number of aromatic nitrogens is 1. The molecule has 0 fully saturated rings. The van der Waals surface area contributed by atoms with Crippen molar-refractivity contribution in [1.82, 2.24) is 4.98 Å². The van der Waals surface area contributed by atoms with Crippen LogP contribution < -0.4 is 0 Å². The Balaban J connectivity index is 0.000000430. The summed E-state index contributed by atoms with van der Waals surface area (Å²) < 4.78 is 16.3. The molecule has 0 spiro atoms. The van der Waals surface area contributed by atoms with Gasteiger partial charge in [0.25, 0.3) is 0 Å². The van der Waals surface area contributed by atoms with Crippen LogP contribution in [-0.2, 0) is 24.9 Å². The Morgan fingerprint density at radius 3 is 2.00 bits per heavy atom. The summed E-state index contributed by atoms with van der Waals surface area (Å²) in [7, 11) is 0. The van der Waals surface area contributed by atoms with Crippen LogP contribution in [0.4, 0.5) is 0 Å². The zero-order valence-corrected chi connectivity index (χ0v) is 29.3. The number of rotatable bonds is 11. The molecule has 3 rings (SSSR count). The minimum Gasteiger partial charge on any atom is -0.512 e. The molecule has 41 heavy (non-hydrogen) atoms. The average Bonchev–Trinajstić information content (AvgIpc) is 2.97. The number of carbonyl (C=O) groups excluding carboxylic acids is 1.